The van der Waals surface area contributed by atoms with E-state index in [9.17, 15) is 0 Å². The van der Waals surface area contributed by atoms with E-state index in [1.165, 1.54) is 5.56 Å². The zero-order valence-corrected chi connectivity index (χ0v) is 9.48. The highest BCUT2D eigenvalue weighted by Crippen LogP contribution is 2.12. The highest BCUT2D eigenvalue weighted by Gasteiger charge is 2.03. The lowest BCUT2D eigenvalue weighted by Gasteiger charge is -2.09. The number of halogens is 1. The molecule has 0 radical (unpaired) electrons. The molecule has 0 amide bonds. The summed E-state index contributed by atoms with van der Waals surface area (Å²) in [7, 11) is 1.95. The van der Waals surface area contributed by atoms with Gasteiger partial charge in [0, 0.05) is 19.2 Å². The molecule has 0 spiro atoms. The molecule has 1 N–H and O–H groups in total. The van der Waals surface area contributed by atoms with Gasteiger partial charge in [0.1, 0.15) is 5.82 Å². The van der Waals surface area contributed by atoms with Crippen LogP contribution in [0.15, 0.2) is 6.20 Å². The molecule has 1 heterocycles. The maximum atomic E-state index is 4.15. The Morgan fingerprint density at radius 3 is 2.54 bits per heavy atom. The number of aryl methyl sites for hydroxylation is 2. The minimum Gasteiger partial charge on any atom is -0.370 e. The molecule has 0 fully saturated rings. The van der Waals surface area contributed by atoms with E-state index in [1.807, 2.05) is 17.9 Å². The van der Waals surface area contributed by atoms with Crippen LogP contribution >= 0.6 is 12.4 Å². The molecular formula is C9H18ClN3. The first-order valence-corrected chi connectivity index (χ1v) is 4.33. The van der Waals surface area contributed by atoms with Crippen LogP contribution in [-0.4, -0.2) is 16.3 Å². The molecule has 1 rings (SSSR count). The number of hydrogen-bond donors (Lipinski definition) is 1. The van der Waals surface area contributed by atoms with Crippen LogP contribution in [0.3, 0.4) is 0 Å². The number of anilines is 1. The largest absolute Gasteiger partial charge is 0.370 e. The number of aromatic nitrogens is 2. The van der Waals surface area contributed by atoms with Crippen molar-refractivity contribution in [1.29, 1.82) is 0 Å². The summed E-state index contributed by atoms with van der Waals surface area (Å²) in [5.41, 5.74) is 1.21. The molecule has 4 heteroatoms. The van der Waals surface area contributed by atoms with E-state index in [2.05, 4.69) is 31.2 Å². The molecule has 0 atom stereocenters. The van der Waals surface area contributed by atoms with Crippen LogP contribution in [0.1, 0.15) is 19.4 Å². The molecule has 0 saturated heterocycles. The molecule has 1 aromatic rings. The Bertz CT molecular complexity index is 236. The second-order valence-corrected chi connectivity index (χ2v) is 3.57. The van der Waals surface area contributed by atoms with Gasteiger partial charge in [-0.05, 0) is 12.8 Å². The Hall–Kier alpha value is -0.700. The van der Waals surface area contributed by atoms with Gasteiger partial charge in [-0.1, -0.05) is 13.8 Å². The summed E-state index contributed by atoms with van der Waals surface area (Å²) in [6.07, 6.45) is 1.88. The van der Waals surface area contributed by atoms with E-state index in [0.717, 1.165) is 12.4 Å². The molecule has 1 aromatic heterocycles. The van der Waals surface area contributed by atoms with Crippen molar-refractivity contribution >= 4 is 18.2 Å². The highest BCUT2D eigenvalue weighted by atomic mass is 35.5. The van der Waals surface area contributed by atoms with Gasteiger partial charge in [-0.2, -0.15) is 5.10 Å². The van der Waals surface area contributed by atoms with Gasteiger partial charge in [0.05, 0.1) is 6.20 Å². The van der Waals surface area contributed by atoms with Gasteiger partial charge in [0.25, 0.3) is 0 Å². The summed E-state index contributed by atoms with van der Waals surface area (Å²) in [6, 6.07) is 0. The van der Waals surface area contributed by atoms with E-state index < -0.39 is 0 Å². The van der Waals surface area contributed by atoms with Crippen LogP contribution in [0.5, 0.6) is 0 Å². The molecule has 3 nitrogen and oxygen atoms in total. The Kier molecular flexibility index (Phi) is 4.85. The summed E-state index contributed by atoms with van der Waals surface area (Å²) in [5, 5.41) is 7.51. The minimum absolute atomic E-state index is 0. The summed E-state index contributed by atoms with van der Waals surface area (Å²) >= 11 is 0. The smallest absolute Gasteiger partial charge is 0.126 e. The Balaban J connectivity index is 0.00000144. The number of hydrogen-bond acceptors (Lipinski definition) is 2. The molecule has 0 aliphatic heterocycles. The predicted octanol–water partition coefficient (Wildman–Crippen LogP) is 2.22. The lowest BCUT2D eigenvalue weighted by Crippen LogP contribution is -2.11. The van der Waals surface area contributed by atoms with Crippen molar-refractivity contribution in [3.05, 3.63) is 11.8 Å². The first-order chi connectivity index (χ1) is 5.61. The molecule has 0 aliphatic carbocycles. The molecule has 76 valence electrons. The Morgan fingerprint density at radius 1 is 1.54 bits per heavy atom. The van der Waals surface area contributed by atoms with Crippen molar-refractivity contribution in [2.45, 2.75) is 20.8 Å². The summed E-state index contributed by atoms with van der Waals surface area (Å²) in [5.74, 6) is 1.79. The van der Waals surface area contributed by atoms with E-state index >= 15 is 0 Å². The van der Waals surface area contributed by atoms with Crippen LogP contribution in [0.4, 0.5) is 5.82 Å². The number of nitrogens with one attached hydrogen (secondary N) is 1. The quantitative estimate of drug-likeness (QED) is 0.817. The van der Waals surface area contributed by atoms with Crippen molar-refractivity contribution in [1.82, 2.24) is 9.78 Å². The molecule has 0 bridgehead atoms. The van der Waals surface area contributed by atoms with E-state index in [0.29, 0.717) is 5.92 Å². The fourth-order valence-corrected chi connectivity index (χ4v) is 1.10. The third-order valence-electron chi connectivity index (χ3n) is 1.80. The van der Waals surface area contributed by atoms with E-state index in [4.69, 9.17) is 0 Å². The summed E-state index contributed by atoms with van der Waals surface area (Å²) < 4.78 is 1.87. The van der Waals surface area contributed by atoms with Crippen molar-refractivity contribution in [2.75, 3.05) is 11.9 Å². The third-order valence-corrected chi connectivity index (χ3v) is 1.80. The van der Waals surface area contributed by atoms with Gasteiger partial charge in [-0.15, -0.1) is 12.4 Å². The second kappa shape index (κ2) is 5.12. The van der Waals surface area contributed by atoms with Gasteiger partial charge in [-0.3, -0.25) is 4.68 Å². The minimum atomic E-state index is 0. The SMILES string of the molecule is Cc1cnn(C)c1NCC(C)C.Cl. The lowest BCUT2D eigenvalue weighted by atomic mass is 10.2. The monoisotopic (exact) mass is 203 g/mol. The normalized spacial score (nSPS) is 9.92. The molecule has 0 aliphatic rings. The van der Waals surface area contributed by atoms with Gasteiger partial charge >= 0.3 is 0 Å². The topological polar surface area (TPSA) is 29.9 Å². The van der Waals surface area contributed by atoms with Crippen molar-refractivity contribution < 1.29 is 0 Å². The van der Waals surface area contributed by atoms with Crippen LogP contribution in [-0.2, 0) is 7.05 Å². The Morgan fingerprint density at radius 2 is 2.15 bits per heavy atom. The summed E-state index contributed by atoms with van der Waals surface area (Å²) in [6.45, 7) is 7.45. The van der Waals surface area contributed by atoms with Crippen LogP contribution in [0.2, 0.25) is 0 Å². The van der Waals surface area contributed by atoms with E-state index in [-0.39, 0.29) is 12.4 Å². The van der Waals surface area contributed by atoms with E-state index in [1.54, 1.807) is 0 Å². The number of rotatable bonds is 3. The second-order valence-electron chi connectivity index (χ2n) is 3.57. The average molecular weight is 204 g/mol. The molecular weight excluding hydrogens is 186 g/mol. The average Bonchev–Trinajstić information content (AvgIpc) is 2.28. The standard InChI is InChI=1S/C9H17N3.ClH/c1-7(2)5-10-9-8(3)6-11-12(9)4;/h6-7,10H,5H2,1-4H3;1H. The van der Waals surface area contributed by atoms with Gasteiger partial charge in [0.2, 0.25) is 0 Å². The maximum Gasteiger partial charge on any atom is 0.126 e. The zero-order valence-electron chi connectivity index (χ0n) is 8.66. The van der Waals surface area contributed by atoms with Gasteiger partial charge in [-0.25, -0.2) is 0 Å². The zero-order chi connectivity index (χ0) is 9.14. The maximum absolute atomic E-state index is 4.15. The molecule has 0 saturated carbocycles. The van der Waals surface area contributed by atoms with Crippen molar-refractivity contribution in [2.24, 2.45) is 13.0 Å². The van der Waals surface area contributed by atoms with Gasteiger partial charge in [0.15, 0.2) is 0 Å². The fraction of sp³-hybridized carbons (Fsp3) is 0.667. The first-order valence-electron chi connectivity index (χ1n) is 4.33. The first kappa shape index (κ1) is 12.3. The third kappa shape index (κ3) is 3.27. The molecule has 0 aromatic carbocycles. The highest BCUT2D eigenvalue weighted by molar-refractivity contribution is 5.85. The lowest BCUT2D eigenvalue weighted by molar-refractivity contribution is 0.675. The fourth-order valence-electron chi connectivity index (χ4n) is 1.10. The van der Waals surface area contributed by atoms with Crippen molar-refractivity contribution in [3.63, 3.8) is 0 Å². The number of nitrogens with zero attached hydrogens (tertiary/aromatic N) is 2. The van der Waals surface area contributed by atoms with Crippen LogP contribution in [0.25, 0.3) is 0 Å². The summed E-state index contributed by atoms with van der Waals surface area (Å²) in [4.78, 5) is 0. The molecule has 13 heavy (non-hydrogen) atoms. The van der Waals surface area contributed by atoms with Crippen LogP contribution in [0, 0.1) is 12.8 Å². The Labute approximate surface area is 85.9 Å². The van der Waals surface area contributed by atoms with Crippen LogP contribution < -0.4 is 5.32 Å². The van der Waals surface area contributed by atoms with Crippen molar-refractivity contribution in [3.8, 4) is 0 Å². The molecule has 0 unspecified atom stereocenters. The van der Waals surface area contributed by atoms with Gasteiger partial charge < -0.3 is 5.32 Å². The predicted molar refractivity (Wildman–Crippen MR) is 58.5 cm³/mol.